The van der Waals surface area contributed by atoms with E-state index in [1.807, 2.05) is 43.3 Å². The van der Waals surface area contributed by atoms with Crippen LogP contribution in [0.2, 0.25) is 0 Å². The van der Waals surface area contributed by atoms with E-state index >= 15 is 0 Å². The van der Waals surface area contributed by atoms with Crippen molar-refractivity contribution in [3.8, 4) is 0 Å². The molecule has 2 aromatic rings. The van der Waals surface area contributed by atoms with Crippen molar-refractivity contribution in [1.82, 2.24) is 4.90 Å². The summed E-state index contributed by atoms with van der Waals surface area (Å²) in [6.45, 7) is 4.05. The maximum Gasteiger partial charge on any atom is 0.146 e. The third-order valence-electron chi connectivity index (χ3n) is 3.29. The molecule has 0 aliphatic heterocycles. The molecule has 2 heteroatoms. The quantitative estimate of drug-likeness (QED) is 0.763. The molecule has 0 fully saturated rings. The molecular weight excluding hydrogens is 246 g/mol. The lowest BCUT2D eigenvalue weighted by atomic mass is 10.1. The standard InChI is InChI=1S/C18H21NO/c1-2-18(20)15-19(13-16-9-5-3-6-10-16)14-17-11-7-4-8-12-17/h3-12H,2,13-15H2,1H3. The van der Waals surface area contributed by atoms with Crippen LogP contribution in [-0.2, 0) is 17.9 Å². The van der Waals surface area contributed by atoms with Gasteiger partial charge in [-0.05, 0) is 11.1 Å². The summed E-state index contributed by atoms with van der Waals surface area (Å²) in [7, 11) is 0. The van der Waals surface area contributed by atoms with Crippen molar-refractivity contribution >= 4 is 5.78 Å². The summed E-state index contributed by atoms with van der Waals surface area (Å²) in [6, 6.07) is 20.6. The summed E-state index contributed by atoms with van der Waals surface area (Å²) >= 11 is 0. The Hall–Kier alpha value is -1.93. The first-order chi connectivity index (χ1) is 9.78. The van der Waals surface area contributed by atoms with Gasteiger partial charge in [0.05, 0.1) is 6.54 Å². The smallest absolute Gasteiger partial charge is 0.146 e. The minimum Gasteiger partial charge on any atom is -0.298 e. The predicted molar refractivity (Wildman–Crippen MR) is 82.3 cm³/mol. The zero-order chi connectivity index (χ0) is 14.2. The maximum absolute atomic E-state index is 11.8. The van der Waals surface area contributed by atoms with E-state index in [9.17, 15) is 4.79 Å². The highest BCUT2D eigenvalue weighted by Crippen LogP contribution is 2.10. The molecule has 0 saturated heterocycles. The second-order valence-corrected chi connectivity index (χ2v) is 5.01. The Morgan fingerprint density at radius 3 is 1.70 bits per heavy atom. The predicted octanol–water partition coefficient (Wildman–Crippen LogP) is 3.67. The average molecular weight is 267 g/mol. The van der Waals surface area contributed by atoms with E-state index in [-0.39, 0.29) is 5.78 Å². The van der Waals surface area contributed by atoms with Crippen molar-refractivity contribution in [3.05, 3.63) is 71.8 Å². The molecule has 104 valence electrons. The van der Waals surface area contributed by atoms with Gasteiger partial charge in [0.1, 0.15) is 5.78 Å². The zero-order valence-electron chi connectivity index (χ0n) is 12.0. The Labute approximate surface area is 121 Å². The minimum absolute atomic E-state index is 0.289. The highest BCUT2D eigenvalue weighted by atomic mass is 16.1. The van der Waals surface area contributed by atoms with Gasteiger partial charge in [-0.3, -0.25) is 9.69 Å². The molecule has 0 heterocycles. The van der Waals surface area contributed by atoms with Gasteiger partial charge in [0.25, 0.3) is 0 Å². The normalized spacial score (nSPS) is 10.7. The Morgan fingerprint density at radius 2 is 1.30 bits per heavy atom. The number of hydrogen-bond donors (Lipinski definition) is 0. The first kappa shape index (κ1) is 14.5. The lowest BCUT2D eigenvalue weighted by Crippen LogP contribution is -2.28. The first-order valence-corrected chi connectivity index (χ1v) is 7.10. The van der Waals surface area contributed by atoms with Crippen LogP contribution in [0.4, 0.5) is 0 Å². The third-order valence-corrected chi connectivity index (χ3v) is 3.29. The number of rotatable bonds is 7. The molecule has 0 unspecified atom stereocenters. The lowest BCUT2D eigenvalue weighted by Gasteiger charge is -2.21. The second-order valence-electron chi connectivity index (χ2n) is 5.01. The van der Waals surface area contributed by atoms with Crippen LogP contribution in [0.1, 0.15) is 24.5 Å². The summed E-state index contributed by atoms with van der Waals surface area (Å²) in [5.74, 6) is 0.289. The molecule has 0 atom stereocenters. The minimum atomic E-state index is 0.289. The highest BCUT2D eigenvalue weighted by Gasteiger charge is 2.10. The van der Waals surface area contributed by atoms with Crippen molar-refractivity contribution in [3.63, 3.8) is 0 Å². The topological polar surface area (TPSA) is 20.3 Å². The Morgan fingerprint density at radius 1 is 0.850 bits per heavy atom. The van der Waals surface area contributed by atoms with Gasteiger partial charge in [-0.15, -0.1) is 0 Å². The van der Waals surface area contributed by atoms with E-state index in [1.165, 1.54) is 11.1 Å². The summed E-state index contributed by atoms with van der Waals surface area (Å²) < 4.78 is 0. The fourth-order valence-electron chi connectivity index (χ4n) is 2.21. The van der Waals surface area contributed by atoms with Gasteiger partial charge >= 0.3 is 0 Å². The summed E-state index contributed by atoms with van der Waals surface area (Å²) in [5, 5.41) is 0. The molecule has 0 amide bonds. The van der Waals surface area contributed by atoms with Crippen LogP contribution in [-0.4, -0.2) is 17.2 Å². The van der Waals surface area contributed by atoms with Gasteiger partial charge in [0.15, 0.2) is 0 Å². The zero-order valence-corrected chi connectivity index (χ0v) is 12.0. The lowest BCUT2D eigenvalue weighted by molar-refractivity contribution is -0.120. The monoisotopic (exact) mass is 267 g/mol. The molecule has 2 nitrogen and oxygen atoms in total. The van der Waals surface area contributed by atoms with Crippen molar-refractivity contribution < 1.29 is 4.79 Å². The molecule has 0 aliphatic rings. The molecule has 2 rings (SSSR count). The third kappa shape index (κ3) is 4.63. The molecule has 0 spiro atoms. The van der Waals surface area contributed by atoms with Crippen LogP contribution in [0.5, 0.6) is 0 Å². The number of benzene rings is 2. The molecule has 20 heavy (non-hydrogen) atoms. The van der Waals surface area contributed by atoms with E-state index in [0.29, 0.717) is 13.0 Å². The molecule has 0 aliphatic carbocycles. The van der Waals surface area contributed by atoms with E-state index in [1.54, 1.807) is 0 Å². The molecular formula is C18H21NO. The number of hydrogen-bond acceptors (Lipinski definition) is 2. The van der Waals surface area contributed by atoms with Crippen molar-refractivity contribution in [2.75, 3.05) is 6.54 Å². The van der Waals surface area contributed by atoms with E-state index in [0.717, 1.165) is 13.1 Å². The van der Waals surface area contributed by atoms with Crippen LogP contribution in [0.25, 0.3) is 0 Å². The van der Waals surface area contributed by atoms with Crippen LogP contribution in [0, 0.1) is 0 Å². The summed E-state index contributed by atoms with van der Waals surface area (Å²) in [6.07, 6.45) is 0.597. The first-order valence-electron chi connectivity index (χ1n) is 7.10. The van der Waals surface area contributed by atoms with Gasteiger partial charge < -0.3 is 0 Å². The largest absolute Gasteiger partial charge is 0.298 e. The molecule has 0 radical (unpaired) electrons. The summed E-state index contributed by atoms with van der Waals surface area (Å²) in [5.41, 5.74) is 2.49. The Kier molecular flexibility index (Phi) is 5.51. The number of ketones is 1. The number of nitrogens with zero attached hydrogens (tertiary/aromatic N) is 1. The average Bonchev–Trinajstić information content (AvgIpc) is 2.49. The van der Waals surface area contributed by atoms with Crippen LogP contribution >= 0.6 is 0 Å². The fraction of sp³-hybridized carbons (Fsp3) is 0.278. The Balaban J connectivity index is 2.06. The molecule has 0 saturated carbocycles. The number of carbonyl (C=O) groups excluding carboxylic acids is 1. The summed E-state index contributed by atoms with van der Waals surface area (Å²) in [4.78, 5) is 14.0. The Bertz CT molecular complexity index is 480. The molecule has 0 aromatic heterocycles. The van der Waals surface area contributed by atoms with Gasteiger partial charge in [-0.2, -0.15) is 0 Å². The maximum atomic E-state index is 11.8. The van der Waals surface area contributed by atoms with Crippen LogP contribution in [0.3, 0.4) is 0 Å². The van der Waals surface area contributed by atoms with E-state index in [2.05, 4.69) is 29.2 Å². The van der Waals surface area contributed by atoms with Gasteiger partial charge in [-0.25, -0.2) is 0 Å². The highest BCUT2D eigenvalue weighted by molar-refractivity contribution is 5.80. The number of carbonyl (C=O) groups is 1. The van der Waals surface area contributed by atoms with E-state index in [4.69, 9.17) is 0 Å². The van der Waals surface area contributed by atoms with Gasteiger partial charge in [-0.1, -0.05) is 67.6 Å². The van der Waals surface area contributed by atoms with Crippen molar-refractivity contribution in [2.24, 2.45) is 0 Å². The van der Waals surface area contributed by atoms with Crippen LogP contribution in [0.15, 0.2) is 60.7 Å². The fourth-order valence-corrected chi connectivity index (χ4v) is 2.21. The van der Waals surface area contributed by atoms with Gasteiger partial charge in [0.2, 0.25) is 0 Å². The number of Topliss-reactive ketones (excluding diaryl/α,β-unsaturated/α-hetero) is 1. The molecule has 2 aromatic carbocycles. The van der Waals surface area contributed by atoms with Gasteiger partial charge in [0, 0.05) is 19.5 Å². The SMILES string of the molecule is CCC(=O)CN(Cc1ccccc1)Cc1ccccc1. The van der Waals surface area contributed by atoms with Crippen LogP contribution < -0.4 is 0 Å². The van der Waals surface area contributed by atoms with E-state index < -0.39 is 0 Å². The second kappa shape index (κ2) is 7.61. The molecule has 0 N–H and O–H groups in total. The van der Waals surface area contributed by atoms with Crippen molar-refractivity contribution in [1.29, 1.82) is 0 Å². The molecule has 0 bridgehead atoms. The van der Waals surface area contributed by atoms with Crippen molar-refractivity contribution in [2.45, 2.75) is 26.4 Å².